The molecule has 3 atom stereocenters. The Morgan fingerprint density at radius 1 is 0.758 bits per heavy atom. The van der Waals surface area contributed by atoms with Crippen molar-refractivity contribution in [1.29, 1.82) is 0 Å². The van der Waals surface area contributed by atoms with E-state index < -0.39 is 22.1 Å². The van der Waals surface area contributed by atoms with E-state index in [-0.39, 0.29) is 12.3 Å². The van der Waals surface area contributed by atoms with E-state index in [1.807, 2.05) is 0 Å². The van der Waals surface area contributed by atoms with Crippen molar-refractivity contribution in [2.45, 2.75) is 154 Å². The van der Waals surface area contributed by atoms with Crippen LogP contribution in [-0.4, -0.2) is 22.1 Å². The molecule has 33 heavy (non-hydrogen) atoms. The molecule has 2 fully saturated rings. The third kappa shape index (κ3) is 10.1. The molecule has 0 amide bonds. The number of hydrogen-bond donors (Lipinski definition) is 0. The first-order chi connectivity index (χ1) is 15.4. The summed E-state index contributed by atoms with van der Waals surface area (Å²) in [6.07, 6.45) is 13.1. The standard InChI is InChI=1S/C29H58F2Si2/c1-8-10-25-11-13-26(14-12-25)27-15-16-28(29(30,31)23-27)18-20-33(6,7)22-21-32(4,5)19-17-24(3)9-2/h24-28H,8-23H2,1-7H3. The molecule has 0 aromatic heterocycles. The minimum Gasteiger partial charge on any atom is -0.207 e. The van der Waals surface area contributed by atoms with E-state index in [4.69, 9.17) is 0 Å². The maximum absolute atomic E-state index is 15.3. The highest BCUT2D eigenvalue weighted by Crippen LogP contribution is 2.49. The van der Waals surface area contributed by atoms with Crippen molar-refractivity contribution in [2.24, 2.45) is 29.6 Å². The molecule has 2 rings (SSSR count). The van der Waals surface area contributed by atoms with Gasteiger partial charge >= 0.3 is 0 Å². The first kappa shape index (κ1) is 29.5. The van der Waals surface area contributed by atoms with Crippen LogP contribution in [0.15, 0.2) is 0 Å². The zero-order valence-electron chi connectivity index (χ0n) is 23.5. The van der Waals surface area contributed by atoms with Crippen LogP contribution in [0, 0.1) is 29.6 Å². The van der Waals surface area contributed by atoms with Crippen LogP contribution in [0.1, 0.15) is 97.8 Å². The Bertz CT molecular complexity index is 552. The number of halogens is 2. The number of hydrogen-bond acceptors (Lipinski definition) is 0. The number of rotatable bonds is 13. The minimum absolute atomic E-state index is 0.193. The van der Waals surface area contributed by atoms with Gasteiger partial charge in [0.15, 0.2) is 0 Å². The first-order valence-corrected chi connectivity index (χ1v) is 21.6. The minimum atomic E-state index is -2.42. The van der Waals surface area contributed by atoms with Gasteiger partial charge in [0.2, 0.25) is 0 Å². The van der Waals surface area contributed by atoms with Gasteiger partial charge in [-0.25, -0.2) is 8.78 Å². The molecule has 3 unspecified atom stereocenters. The molecule has 0 aromatic rings. The van der Waals surface area contributed by atoms with Crippen molar-refractivity contribution < 1.29 is 8.78 Å². The van der Waals surface area contributed by atoms with Gasteiger partial charge in [-0.3, -0.25) is 0 Å². The molecular weight excluding hydrogens is 442 g/mol. The topological polar surface area (TPSA) is 0 Å². The molecule has 0 heterocycles. The molecule has 0 aromatic carbocycles. The smallest absolute Gasteiger partial charge is 0.207 e. The maximum Gasteiger partial charge on any atom is 0.251 e. The van der Waals surface area contributed by atoms with Crippen molar-refractivity contribution in [1.82, 2.24) is 0 Å². The van der Waals surface area contributed by atoms with Crippen LogP contribution in [0.2, 0.25) is 50.4 Å². The van der Waals surface area contributed by atoms with E-state index in [0.29, 0.717) is 11.8 Å². The lowest BCUT2D eigenvalue weighted by atomic mass is 9.67. The average Bonchev–Trinajstić information content (AvgIpc) is 2.76. The molecule has 2 aliphatic rings. The van der Waals surface area contributed by atoms with Crippen molar-refractivity contribution in [3.05, 3.63) is 0 Å². The Hall–Kier alpha value is 0.294. The third-order valence-corrected chi connectivity index (χ3v) is 16.9. The van der Waals surface area contributed by atoms with Crippen LogP contribution < -0.4 is 0 Å². The second-order valence-electron chi connectivity index (χ2n) is 14.0. The zero-order chi connectivity index (χ0) is 24.7. The summed E-state index contributed by atoms with van der Waals surface area (Å²) in [6.45, 7) is 17.0. The fourth-order valence-electron chi connectivity index (χ4n) is 6.69. The summed E-state index contributed by atoms with van der Waals surface area (Å²) in [7, 11) is -2.53. The molecule has 0 nitrogen and oxygen atoms in total. The lowest BCUT2D eigenvalue weighted by Crippen LogP contribution is -2.40. The van der Waals surface area contributed by atoms with Crippen molar-refractivity contribution >= 4 is 16.1 Å². The molecule has 4 heteroatoms. The van der Waals surface area contributed by atoms with Crippen LogP contribution in [0.3, 0.4) is 0 Å². The lowest BCUT2D eigenvalue weighted by Gasteiger charge is -2.42. The molecule has 0 spiro atoms. The molecule has 0 N–H and O–H groups in total. The predicted molar refractivity (Wildman–Crippen MR) is 149 cm³/mol. The monoisotopic (exact) mass is 500 g/mol. The fourth-order valence-corrected chi connectivity index (χ4v) is 15.0. The van der Waals surface area contributed by atoms with Gasteiger partial charge in [0, 0.05) is 28.5 Å². The summed E-state index contributed by atoms with van der Waals surface area (Å²) in [5, 5.41) is 0. The molecule has 0 radical (unpaired) electrons. The van der Waals surface area contributed by atoms with Crippen LogP contribution in [-0.2, 0) is 0 Å². The number of alkyl halides is 2. The normalized spacial score (nSPS) is 29.7. The Morgan fingerprint density at radius 2 is 1.33 bits per heavy atom. The first-order valence-electron chi connectivity index (χ1n) is 14.8. The average molecular weight is 501 g/mol. The summed E-state index contributed by atoms with van der Waals surface area (Å²) < 4.78 is 30.5. The van der Waals surface area contributed by atoms with E-state index in [1.165, 1.54) is 69.5 Å². The summed E-state index contributed by atoms with van der Waals surface area (Å²) in [6, 6.07) is 5.31. The van der Waals surface area contributed by atoms with Gasteiger partial charge in [0.1, 0.15) is 0 Å². The second-order valence-corrected chi connectivity index (χ2v) is 24.6. The largest absolute Gasteiger partial charge is 0.251 e. The molecule has 2 aliphatic carbocycles. The molecule has 196 valence electrons. The fraction of sp³-hybridized carbons (Fsp3) is 1.00. The maximum atomic E-state index is 15.3. The van der Waals surface area contributed by atoms with Crippen LogP contribution in [0.25, 0.3) is 0 Å². The summed E-state index contributed by atoms with van der Waals surface area (Å²) in [4.78, 5) is 0. The van der Waals surface area contributed by atoms with E-state index in [0.717, 1.165) is 37.1 Å². The van der Waals surface area contributed by atoms with Gasteiger partial charge in [-0.05, 0) is 55.8 Å². The van der Waals surface area contributed by atoms with Gasteiger partial charge in [0.25, 0.3) is 5.92 Å². The van der Waals surface area contributed by atoms with Crippen LogP contribution >= 0.6 is 0 Å². The molecule has 0 saturated heterocycles. The van der Waals surface area contributed by atoms with Crippen LogP contribution in [0.5, 0.6) is 0 Å². The zero-order valence-corrected chi connectivity index (χ0v) is 25.5. The molecule has 0 bridgehead atoms. The summed E-state index contributed by atoms with van der Waals surface area (Å²) >= 11 is 0. The predicted octanol–water partition coefficient (Wildman–Crippen LogP) is 10.9. The molecular formula is C29H58F2Si2. The summed E-state index contributed by atoms with van der Waals surface area (Å²) in [5.41, 5.74) is 0. The van der Waals surface area contributed by atoms with Crippen molar-refractivity contribution in [3.8, 4) is 0 Å². The quantitative estimate of drug-likeness (QED) is 0.220. The molecule has 0 aliphatic heterocycles. The van der Waals surface area contributed by atoms with Gasteiger partial charge in [0.05, 0.1) is 0 Å². The highest BCUT2D eigenvalue weighted by molar-refractivity contribution is 6.82. The van der Waals surface area contributed by atoms with E-state index in [9.17, 15) is 0 Å². The third-order valence-electron chi connectivity index (χ3n) is 9.93. The van der Waals surface area contributed by atoms with E-state index >= 15 is 8.78 Å². The van der Waals surface area contributed by atoms with E-state index in [2.05, 4.69) is 47.0 Å². The van der Waals surface area contributed by atoms with Gasteiger partial charge in [-0.2, -0.15) is 0 Å². The summed E-state index contributed by atoms with van der Waals surface area (Å²) in [5.74, 6) is -0.158. The Labute approximate surface area is 208 Å². The Kier molecular flexibility index (Phi) is 11.6. The van der Waals surface area contributed by atoms with Crippen molar-refractivity contribution in [3.63, 3.8) is 0 Å². The highest BCUT2D eigenvalue weighted by Gasteiger charge is 2.47. The second kappa shape index (κ2) is 13.0. The Balaban J connectivity index is 1.77. The highest BCUT2D eigenvalue weighted by atomic mass is 28.3. The van der Waals surface area contributed by atoms with Crippen LogP contribution in [0.4, 0.5) is 8.78 Å². The van der Waals surface area contributed by atoms with Gasteiger partial charge in [-0.1, -0.05) is 110 Å². The van der Waals surface area contributed by atoms with E-state index in [1.54, 1.807) is 0 Å². The van der Waals surface area contributed by atoms with Gasteiger partial charge in [-0.15, -0.1) is 0 Å². The van der Waals surface area contributed by atoms with Gasteiger partial charge < -0.3 is 0 Å². The van der Waals surface area contributed by atoms with Crippen molar-refractivity contribution in [2.75, 3.05) is 0 Å². The molecule has 2 saturated carbocycles. The SMILES string of the molecule is CCCC1CCC(C2CCC(CC[Si](C)(C)CC[Si](C)(C)CCC(C)CC)C(F)(F)C2)CC1. The Morgan fingerprint density at radius 3 is 1.88 bits per heavy atom. The lowest BCUT2D eigenvalue weighted by molar-refractivity contribution is -0.113.